The molecule has 1 unspecified atom stereocenters. The Balaban J connectivity index is 1.84. The van der Waals surface area contributed by atoms with Gasteiger partial charge in [0.2, 0.25) is 0 Å². The number of hydrogen-bond donors (Lipinski definition) is 1. The molecule has 2 rings (SSSR count). The van der Waals surface area contributed by atoms with E-state index in [0.717, 1.165) is 12.0 Å². The highest BCUT2D eigenvalue weighted by atomic mass is 15.3. The summed E-state index contributed by atoms with van der Waals surface area (Å²) in [5.41, 5.74) is 0.581. The van der Waals surface area contributed by atoms with Crippen molar-refractivity contribution in [1.29, 1.82) is 0 Å². The highest BCUT2D eigenvalue weighted by Gasteiger charge is 2.44. The van der Waals surface area contributed by atoms with E-state index in [1.165, 1.54) is 38.9 Å². The average Bonchev–Trinajstić information content (AvgIpc) is 2.84. The first-order valence-corrected chi connectivity index (χ1v) is 6.08. The van der Waals surface area contributed by atoms with E-state index in [-0.39, 0.29) is 0 Å². The zero-order valence-electron chi connectivity index (χ0n) is 9.84. The maximum atomic E-state index is 3.64. The Hall–Kier alpha value is -0.0800. The third kappa shape index (κ3) is 2.29. The summed E-state index contributed by atoms with van der Waals surface area (Å²) in [5, 5.41) is 3.64. The van der Waals surface area contributed by atoms with Crippen molar-refractivity contribution in [3.8, 4) is 0 Å². The van der Waals surface area contributed by atoms with Crippen molar-refractivity contribution in [2.45, 2.75) is 51.6 Å². The van der Waals surface area contributed by atoms with E-state index in [9.17, 15) is 0 Å². The van der Waals surface area contributed by atoms with Crippen LogP contribution in [0.25, 0.3) is 0 Å². The van der Waals surface area contributed by atoms with Crippen LogP contribution < -0.4 is 5.32 Å². The summed E-state index contributed by atoms with van der Waals surface area (Å²) >= 11 is 0. The summed E-state index contributed by atoms with van der Waals surface area (Å²) in [6.45, 7) is 10.8. The van der Waals surface area contributed by atoms with Crippen molar-refractivity contribution >= 4 is 0 Å². The second-order valence-electron chi connectivity index (χ2n) is 5.72. The molecule has 1 saturated heterocycles. The van der Waals surface area contributed by atoms with Crippen LogP contribution in [0.5, 0.6) is 0 Å². The minimum Gasteiger partial charge on any atom is -0.311 e. The largest absolute Gasteiger partial charge is 0.311 e. The van der Waals surface area contributed by atoms with Crippen LogP contribution in [-0.4, -0.2) is 36.1 Å². The molecule has 1 N–H and O–H groups in total. The zero-order chi connectivity index (χ0) is 10.2. The van der Waals surface area contributed by atoms with E-state index in [1.807, 2.05) is 0 Å². The minimum atomic E-state index is 0.581. The van der Waals surface area contributed by atoms with Gasteiger partial charge in [-0.15, -0.1) is 0 Å². The van der Waals surface area contributed by atoms with Crippen molar-refractivity contribution in [1.82, 2.24) is 10.2 Å². The molecular formula is C12H24N2. The average molecular weight is 196 g/mol. The summed E-state index contributed by atoms with van der Waals surface area (Å²) < 4.78 is 0. The molecule has 2 aliphatic rings. The molecule has 0 spiro atoms. The molecule has 0 radical (unpaired) electrons. The first kappa shape index (κ1) is 10.4. The van der Waals surface area contributed by atoms with Gasteiger partial charge in [0.1, 0.15) is 0 Å². The fourth-order valence-electron chi connectivity index (χ4n) is 2.54. The van der Waals surface area contributed by atoms with Crippen LogP contribution in [0.15, 0.2) is 0 Å². The topological polar surface area (TPSA) is 15.3 Å². The summed E-state index contributed by atoms with van der Waals surface area (Å²) in [6, 6.07) is 0.737. The Morgan fingerprint density at radius 1 is 1.43 bits per heavy atom. The number of nitrogens with zero attached hydrogens (tertiary/aromatic N) is 1. The maximum Gasteiger partial charge on any atom is 0.0198 e. The Morgan fingerprint density at radius 2 is 2.14 bits per heavy atom. The van der Waals surface area contributed by atoms with E-state index < -0.39 is 0 Å². The smallest absolute Gasteiger partial charge is 0.0198 e. The van der Waals surface area contributed by atoms with E-state index >= 15 is 0 Å². The van der Waals surface area contributed by atoms with Crippen LogP contribution in [0.2, 0.25) is 0 Å². The number of nitrogens with one attached hydrogen (secondary N) is 1. The summed E-state index contributed by atoms with van der Waals surface area (Å²) in [6.07, 6.45) is 4.16. The fraction of sp³-hybridized carbons (Fsp3) is 1.00. The van der Waals surface area contributed by atoms with Gasteiger partial charge in [-0.3, -0.25) is 4.90 Å². The molecule has 2 heteroatoms. The minimum absolute atomic E-state index is 0.581. The molecule has 2 fully saturated rings. The lowest BCUT2D eigenvalue weighted by molar-refractivity contribution is 0.130. The standard InChI is InChI=1S/C12H24N2/c1-10(2)8-11-9-14(7-6-13-11)12(3)4-5-12/h10-11,13H,4-9H2,1-3H3. The first-order chi connectivity index (χ1) is 6.60. The van der Waals surface area contributed by atoms with Crippen molar-refractivity contribution in [3.05, 3.63) is 0 Å². The normalized spacial score (nSPS) is 32.1. The van der Waals surface area contributed by atoms with Gasteiger partial charge in [-0.2, -0.15) is 0 Å². The van der Waals surface area contributed by atoms with E-state index in [1.54, 1.807) is 0 Å². The molecule has 1 saturated carbocycles. The number of piperazine rings is 1. The van der Waals surface area contributed by atoms with Crippen LogP contribution in [0.3, 0.4) is 0 Å². The van der Waals surface area contributed by atoms with E-state index in [2.05, 4.69) is 31.0 Å². The quantitative estimate of drug-likeness (QED) is 0.741. The number of hydrogen-bond acceptors (Lipinski definition) is 2. The van der Waals surface area contributed by atoms with E-state index in [4.69, 9.17) is 0 Å². The second-order valence-corrected chi connectivity index (χ2v) is 5.72. The van der Waals surface area contributed by atoms with Gasteiger partial charge >= 0.3 is 0 Å². The van der Waals surface area contributed by atoms with Crippen molar-refractivity contribution in [3.63, 3.8) is 0 Å². The van der Waals surface area contributed by atoms with E-state index in [0.29, 0.717) is 5.54 Å². The molecule has 1 atom stereocenters. The molecule has 2 nitrogen and oxygen atoms in total. The van der Waals surface area contributed by atoms with Gasteiger partial charge in [0.25, 0.3) is 0 Å². The maximum absolute atomic E-state index is 3.64. The lowest BCUT2D eigenvalue weighted by Crippen LogP contribution is -2.54. The molecule has 82 valence electrons. The lowest BCUT2D eigenvalue weighted by Gasteiger charge is -2.38. The van der Waals surface area contributed by atoms with Crippen LogP contribution in [0, 0.1) is 5.92 Å². The fourth-order valence-corrected chi connectivity index (χ4v) is 2.54. The van der Waals surface area contributed by atoms with Crippen LogP contribution in [0.1, 0.15) is 40.0 Å². The number of rotatable bonds is 3. The highest BCUT2D eigenvalue weighted by Crippen LogP contribution is 2.41. The van der Waals surface area contributed by atoms with Crippen LogP contribution in [-0.2, 0) is 0 Å². The van der Waals surface area contributed by atoms with Crippen LogP contribution >= 0.6 is 0 Å². The Kier molecular flexibility index (Phi) is 2.85. The predicted octanol–water partition coefficient (Wildman–Crippen LogP) is 1.86. The second kappa shape index (κ2) is 3.82. The Bertz CT molecular complexity index is 196. The molecule has 14 heavy (non-hydrogen) atoms. The molecule has 1 aliphatic carbocycles. The third-order valence-electron chi connectivity index (χ3n) is 3.75. The highest BCUT2D eigenvalue weighted by molar-refractivity contribution is 5.02. The van der Waals surface area contributed by atoms with Crippen molar-refractivity contribution < 1.29 is 0 Å². The molecular weight excluding hydrogens is 172 g/mol. The van der Waals surface area contributed by atoms with Gasteiger partial charge < -0.3 is 5.32 Å². The van der Waals surface area contributed by atoms with Crippen LogP contribution in [0.4, 0.5) is 0 Å². The monoisotopic (exact) mass is 196 g/mol. The first-order valence-electron chi connectivity index (χ1n) is 6.08. The Labute approximate surface area is 88.1 Å². The van der Waals surface area contributed by atoms with Gasteiger partial charge in [0, 0.05) is 31.2 Å². The summed E-state index contributed by atoms with van der Waals surface area (Å²) in [4.78, 5) is 2.70. The van der Waals surface area contributed by atoms with Gasteiger partial charge in [-0.1, -0.05) is 13.8 Å². The molecule has 0 aromatic rings. The zero-order valence-corrected chi connectivity index (χ0v) is 9.84. The SMILES string of the molecule is CC(C)CC1CN(C2(C)CC2)CCN1. The van der Waals surface area contributed by atoms with Gasteiger partial charge in [-0.05, 0) is 32.1 Å². The molecule has 0 aromatic heterocycles. The predicted molar refractivity (Wildman–Crippen MR) is 60.5 cm³/mol. The molecule has 0 amide bonds. The lowest BCUT2D eigenvalue weighted by atomic mass is 10.0. The summed E-state index contributed by atoms with van der Waals surface area (Å²) in [5.74, 6) is 0.819. The summed E-state index contributed by atoms with van der Waals surface area (Å²) in [7, 11) is 0. The van der Waals surface area contributed by atoms with Crippen molar-refractivity contribution in [2.75, 3.05) is 19.6 Å². The van der Waals surface area contributed by atoms with Crippen molar-refractivity contribution in [2.24, 2.45) is 5.92 Å². The molecule has 1 aliphatic heterocycles. The molecule has 1 heterocycles. The van der Waals surface area contributed by atoms with Gasteiger partial charge in [-0.25, -0.2) is 0 Å². The van der Waals surface area contributed by atoms with Gasteiger partial charge in [0.15, 0.2) is 0 Å². The molecule has 0 aromatic carbocycles. The van der Waals surface area contributed by atoms with Gasteiger partial charge in [0.05, 0.1) is 0 Å². The third-order valence-corrected chi connectivity index (χ3v) is 3.75. The molecule has 0 bridgehead atoms. The Morgan fingerprint density at radius 3 is 2.71 bits per heavy atom.